The van der Waals surface area contributed by atoms with Gasteiger partial charge in [0.25, 0.3) is 5.91 Å². The van der Waals surface area contributed by atoms with E-state index in [1.807, 2.05) is 0 Å². The van der Waals surface area contributed by atoms with Crippen LogP contribution in [0.25, 0.3) is 0 Å². The fourth-order valence-corrected chi connectivity index (χ4v) is 1.85. The minimum absolute atomic E-state index is 0.0379. The summed E-state index contributed by atoms with van der Waals surface area (Å²) in [5, 5.41) is 2.19. The lowest BCUT2D eigenvalue weighted by Crippen LogP contribution is -2.15. The Balaban J connectivity index is 2.31. The van der Waals surface area contributed by atoms with Gasteiger partial charge in [-0.1, -0.05) is 23.7 Å². The molecule has 0 unspecified atom stereocenters. The third-order valence-electron chi connectivity index (χ3n) is 2.66. The monoisotopic (exact) mass is 317 g/mol. The number of alkyl halides is 3. The molecule has 1 N–H and O–H groups in total. The normalized spacial score (nSPS) is 11.3. The molecule has 0 aliphatic heterocycles. The molecule has 21 heavy (non-hydrogen) atoms. The van der Waals surface area contributed by atoms with E-state index in [2.05, 4.69) is 5.32 Å². The Morgan fingerprint density at radius 1 is 1.10 bits per heavy atom. The number of nitrogens with one attached hydrogen (secondary N) is 1. The highest BCUT2D eigenvalue weighted by Gasteiger charge is 2.31. The fraction of sp³-hybridized carbons (Fsp3) is 0.0714. The molecule has 2 nitrogen and oxygen atoms in total. The summed E-state index contributed by atoms with van der Waals surface area (Å²) < 4.78 is 51.2. The van der Waals surface area contributed by atoms with Gasteiger partial charge in [-0.15, -0.1) is 0 Å². The van der Waals surface area contributed by atoms with E-state index >= 15 is 0 Å². The Bertz CT molecular complexity index is 685. The van der Waals surface area contributed by atoms with Gasteiger partial charge in [0.05, 0.1) is 21.8 Å². The second kappa shape index (κ2) is 5.73. The number of rotatable bonds is 2. The third kappa shape index (κ3) is 3.52. The predicted molar refractivity (Wildman–Crippen MR) is 70.8 cm³/mol. The molecule has 0 aliphatic rings. The summed E-state index contributed by atoms with van der Waals surface area (Å²) in [6.45, 7) is 0. The lowest BCUT2D eigenvalue weighted by molar-refractivity contribution is -0.137. The highest BCUT2D eigenvalue weighted by atomic mass is 35.5. The first-order chi connectivity index (χ1) is 9.79. The highest BCUT2D eigenvalue weighted by Crippen LogP contribution is 2.32. The van der Waals surface area contributed by atoms with Gasteiger partial charge in [0.1, 0.15) is 5.82 Å². The number of hydrogen-bond donors (Lipinski definition) is 1. The van der Waals surface area contributed by atoms with Crippen molar-refractivity contribution in [3.8, 4) is 0 Å². The molecule has 0 aliphatic carbocycles. The lowest BCUT2D eigenvalue weighted by atomic mass is 10.1. The van der Waals surface area contributed by atoms with Crippen molar-refractivity contribution < 1.29 is 22.4 Å². The first kappa shape index (κ1) is 15.3. The molecule has 2 aromatic rings. The molecule has 2 rings (SSSR count). The topological polar surface area (TPSA) is 29.1 Å². The number of hydrogen-bond acceptors (Lipinski definition) is 1. The second-order valence-corrected chi connectivity index (χ2v) is 4.53. The van der Waals surface area contributed by atoms with Gasteiger partial charge in [-0.2, -0.15) is 13.2 Å². The molecular formula is C14H8ClF4NO. The smallest absolute Gasteiger partial charge is 0.319 e. The Morgan fingerprint density at radius 3 is 2.38 bits per heavy atom. The fourth-order valence-electron chi connectivity index (χ4n) is 1.63. The summed E-state index contributed by atoms with van der Waals surface area (Å²) in [6.07, 6.45) is -4.63. The summed E-state index contributed by atoms with van der Waals surface area (Å²) in [5.74, 6) is -1.76. The molecule has 7 heteroatoms. The van der Waals surface area contributed by atoms with Gasteiger partial charge in [0.2, 0.25) is 0 Å². The molecule has 0 spiro atoms. The van der Waals surface area contributed by atoms with Crippen LogP contribution >= 0.6 is 11.6 Å². The van der Waals surface area contributed by atoms with Gasteiger partial charge in [0.15, 0.2) is 0 Å². The van der Waals surface area contributed by atoms with Crippen LogP contribution in [0.3, 0.4) is 0 Å². The van der Waals surface area contributed by atoms with Gasteiger partial charge in [-0.3, -0.25) is 4.79 Å². The van der Waals surface area contributed by atoms with Crippen LogP contribution in [-0.2, 0) is 6.18 Å². The van der Waals surface area contributed by atoms with Crippen molar-refractivity contribution in [2.45, 2.75) is 6.18 Å². The van der Waals surface area contributed by atoms with E-state index in [1.165, 1.54) is 18.2 Å². The number of anilines is 1. The lowest BCUT2D eigenvalue weighted by Gasteiger charge is -2.11. The van der Waals surface area contributed by atoms with Crippen molar-refractivity contribution in [1.82, 2.24) is 0 Å². The van der Waals surface area contributed by atoms with E-state index in [9.17, 15) is 22.4 Å². The quantitative estimate of drug-likeness (QED) is 0.796. The van der Waals surface area contributed by atoms with Crippen LogP contribution in [-0.4, -0.2) is 5.91 Å². The van der Waals surface area contributed by atoms with E-state index in [0.717, 1.165) is 0 Å². The average molecular weight is 318 g/mol. The second-order valence-electron chi connectivity index (χ2n) is 4.13. The van der Waals surface area contributed by atoms with Crippen LogP contribution in [0.15, 0.2) is 42.5 Å². The standard InChI is InChI=1S/C14H8ClF4NO/c15-10-4-2-1-3-9(10)13(21)20-12-7-8(14(17,18)19)5-6-11(12)16/h1-7H,(H,20,21). The Labute approximate surface area is 122 Å². The minimum Gasteiger partial charge on any atom is -0.319 e. The van der Waals surface area contributed by atoms with Crippen molar-refractivity contribution in [1.29, 1.82) is 0 Å². The van der Waals surface area contributed by atoms with Gasteiger partial charge in [0, 0.05) is 0 Å². The molecular weight excluding hydrogens is 310 g/mol. The summed E-state index contributed by atoms with van der Waals surface area (Å²) in [7, 11) is 0. The van der Waals surface area contributed by atoms with Crippen molar-refractivity contribution in [2.75, 3.05) is 5.32 Å². The van der Waals surface area contributed by atoms with E-state index in [1.54, 1.807) is 6.07 Å². The zero-order valence-electron chi connectivity index (χ0n) is 10.3. The molecule has 1 amide bonds. The van der Waals surface area contributed by atoms with Crippen LogP contribution in [0.2, 0.25) is 5.02 Å². The maximum absolute atomic E-state index is 13.5. The molecule has 110 valence electrons. The third-order valence-corrected chi connectivity index (χ3v) is 2.99. The van der Waals surface area contributed by atoms with Crippen molar-refractivity contribution in [3.05, 3.63) is 64.4 Å². The van der Waals surface area contributed by atoms with E-state index in [4.69, 9.17) is 11.6 Å². The van der Waals surface area contributed by atoms with Crippen molar-refractivity contribution >= 4 is 23.2 Å². The zero-order valence-corrected chi connectivity index (χ0v) is 11.1. The molecule has 2 aromatic carbocycles. The van der Waals surface area contributed by atoms with E-state index in [-0.39, 0.29) is 10.6 Å². The van der Waals surface area contributed by atoms with Crippen LogP contribution in [0.5, 0.6) is 0 Å². The van der Waals surface area contributed by atoms with E-state index in [0.29, 0.717) is 18.2 Å². The first-order valence-electron chi connectivity index (χ1n) is 5.71. The largest absolute Gasteiger partial charge is 0.416 e. The molecule has 0 heterocycles. The van der Waals surface area contributed by atoms with Crippen LogP contribution in [0.4, 0.5) is 23.2 Å². The SMILES string of the molecule is O=C(Nc1cc(C(F)(F)F)ccc1F)c1ccccc1Cl. The Morgan fingerprint density at radius 2 is 1.76 bits per heavy atom. The first-order valence-corrected chi connectivity index (χ1v) is 6.09. The molecule has 0 bridgehead atoms. The van der Waals surface area contributed by atoms with E-state index < -0.39 is 29.2 Å². The number of carbonyl (C=O) groups is 1. The van der Waals surface area contributed by atoms with Gasteiger partial charge < -0.3 is 5.32 Å². The molecule has 0 fully saturated rings. The maximum Gasteiger partial charge on any atom is 0.416 e. The Hall–Kier alpha value is -2.08. The predicted octanol–water partition coefficient (Wildman–Crippen LogP) is 4.75. The summed E-state index contributed by atoms with van der Waals surface area (Å²) in [6, 6.07) is 7.71. The number of amides is 1. The maximum atomic E-state index is 13.5. The highest BCUT2D eigenvalue weighted by molar-refractivity contribution is 6.34. The van der Waals surface area contributed by atoms with Crippen molar-refractivity contribution in [3.63, 3.8) is 0 Å². The van der Waals surface area contributed by atoms with Gasteiger partial charge >= 0.3 is 6.18 Å². The molecule has 0 saturated carbocycles. The number of benzene rings is 2. The summed E-state index contributed by atoms with van der Waals surface area (Å²) in [5.41, 5.74) is -1.58. The molecule has 0 aromatic heterocycles. The summed E-state index contributed by atoms with van der Waals surface area (Å²) in [4.78, 5) is 11.9. The molecule has 0 radical (unpaired) electrons. The molecule has 0 saturated heterocycles. The van der Waals surface area contributed by atoms with Crippen molar-refractivity contribution in [2.24, 2.45) is 0 Å². The van der Waals surface area contributed by atoms with Crippen LogP contribution in [0, 0.1) is 5.82 Å². The van der Waals surface area contributed by atoms with Gasteiger partial charge in [-0.05, 0) is 30.3 Å². The molecule has 0 atom stereocenters. The Kier molecular flexibility index (Phi) is 4.18. The minimum atomic E-state index is -4.63. The zero-order chi connectivity index (χ0) is 15.6. The van der Waals surface area contributed by atoms with Crippen LogP contribution < -0.4 is 5.32 Å². The number of carbonyl (C=O) groups excluding carboxylic acids is 1. The average Bonchev–Trinajstić information content (AvgIpc) is 2.40. The summed E-state index contributed by atoms with van der Waals surface area (Å²) >= 11 is 5.79. The van der Waals surface area contributed by atoms with Gasteiger partial charge in [-0.25, -0.2) is 4.39 Å². The van der Waals surface area contributed by atoms with Crippen LogP contribution in [0.1, 0.15) is 15.9 Å². The number of halogens is 5.